The molecule has 172 valence electrons. The van der Waals surface area contributed by atoms with E-state index in [9.17, 15) is 9.18 Å². The summed E-state index contributed by atoms with van der Waals surface area (Å²) in [6, 6.07) is 11.6. The third kappa shape index (κ3) is 3.66. The maximum Gasteiger partial charge on any atom is 0.260 e. The first kappa shape index (κ1) is 21.0. The average molecular weight is 457 g/mol. The lowest BCUT2D eigenvalue weighted by Gasteiger charge is -2.24. The van der Waals surface area contributed by atoms with Crippen LogP contribution in [0.15, 0.2) is 47.4 Å². The van der Waals surface area contributed by atoms with E-state index in [1.54, 1.807) is 18.3 Å². The number of nitrogens with one attached hydrogen (secondary N) is 1. The molecule has 3 aliphatic rings. The van der Waals surface area contributed by atoms with Crippen molar-refractivity contribution < 1.29 is 4.39 Å². The van der Waals surface area contributed by atoms with Crippen molar-refractivity contribution in [3.63, 3.8) is 0 Å². The number of nitrogens with zero attached hydrogens (tertiary/aromatic N) is 5. The summed E-state index contributed by atoms with van der Waals surface area (Å²) in [5.41, 5.74) is 2.00. The lowest BCUT2D eigenvalue weighted by molar-refractivity contribution is 0.369. The number of hydrogen-bond acceptors (Lipinski definition) is 6. The highest BCUT2D eigenvalue weighted by Crippen LogP contribution is 2.39. The molecule has 1 atom stereocenters. The SMILES string of the molecule is N#Cc1ccc(-c2nc(N3CCC4(CCNC4)C3)cc(=O)n2-c2ccc(C3CC3)nc2)cc1F. The Morgan fingerprint density at radius 2 is 2.06 bits per heavy atom. The molecule has 2 saturated heterocycles. The molecule has 2 aromatic heterocycles. The molecule has 3 fully saturated rings. The van der Waals surface area contributed by atoms with Crippen LogP contribution in [0.2, 0.25) is 0 Å². The van der Waals surface area contributed by atoms with Gasteiger partial charge in [-0.2, -0.15) is 5.26 Å². The zero-order valence-electron chi connectivity index (χ0n) is 18.8. The van der Waals surface area contributed by atoms with E-state index >= 15 is 0 Å². The Labute approximate surface area is 196 Å². The fourth-order valence-electron chi connectivity index (χ4n) is 5.25. The zero-order valence-corrected chi connectivity index (χ0v) is 18.8. The molecule has 1 spiro atoms. The van der Waals surface area contributed by atoms with Crippen LogP contribution in [-0.4, -0.2) is 40.7 Å². The molecule has 0 radical (unpaired) electrons. The van der Waals surface area contributed by atoms with Crippen LogP contribution in [0.5, 0.6) is 0 Å². The minimum atomic E-state index is -0.634. The van der Waals surface area contributed by atoms with Gasteiger partial charge in [0.1, 0.15) is 23.5 Å². The first-order chi connectivity index (χ1) is 16.5. The van der Waals surface area contributed by atoms with Crippen LogP contribution < -0.4 is 15.8 Å². The van der Waals surface area contributed by atoms with Crippen molar-refractivity contribution >= 4 is 5.82 Å². The molecule has 1 saturated carbocycles. The topological polar surface area (TPSA) is 86.8 Å². The Balaban J connectivity index is 1.46. The maximum atomic E-state index is 14.6. The second kappa shape index (κ2) is 8.03. The summed E-state index contributed by atoms with van der Waals surface area (Å²) in [5.74, 6) is 0.821. The summed E-state index contributed by atoms with van der Waals surface area (Å²) in [5, 5.41) is 12.6. The third-order valence-electron chi connectivity index (χ3n) is 7.37. The monoisotopic (exact) mass is 456 g/mol. The molecule has 1 N–H and O–H groups in total. The normalized spacial score (nSPS) is 21.8. The Morgan fingerprint density at radius 3 is 2.74 bits per heavy atom. The van der Waals surface area contributed by atoms with Crippen molar-refractivity contribution in [3.8, 4) is 23.1 Å². The first-order valence-electron chi connectivity index (χ1n) is 11.8. The molecule has 7 nitrogen and oxygen atoms in total. The van der Waals surface area contributed by atoms with Gasteiger partial charge in [-0.25, -0.2) is 9.37 Å². The molecular formula is C26H25FN6O. The van der Waals surface area contributed by atoms with E-state index in [4.69, 9.17) is 10.2 Å². The molecule has 8 heteroatoms. The summed E-state index contributed by atoms with van der Waals surface area (Å²) < 4.78 is 16.0. The smallest absolute Gasteiger partial charge is 0.260 e. The van der Waals surface area contributed by atoms with Gasteiger partial charge in [-0.1, -0.05) is 0 Å². The summed E-state index contributed by atoms with van der Waals surface area (Å²) in [4.78, 5) is 25.1. The number of hydrogen-bond donors (Lipinski definition) is 1. The number of halogens is 1. The van der Waals surface area contributed by atoms with Crippen molar-refractivity contribution in [1.82, 2.24) is 19.9 Å². The van der Waals surface area contributed by atoms with Crippen LogP contribution in [-0.2, 0) is 0 Å². The molecule has 34 heavy (non-hydrogen) atoms. The van der Waals surface area contributed by atoms with Gasteiger partial charge < -0.3 is 10.2 Å². The van der Waals surface area contributed by atoms with E-state index in [0.717, 1.165) is 57.6 Å². The highest BCUT2D eigenvalue weighted by Gasteiger charge is 2.41. The lowest BCUT2D eigenvalue weighted by atomic mass is 9.87. The minimum absolute atomic E-state index is 0.0422. The molecule has 1 aliphatic carbocycles. The standard InChI is InChI=1S/C26H25FN6O/c27-21-11-18(3-4-19(21)13-28)25-31-23(32-10-8-26(16-32)7-9-29-15-26)12-24(34)33(25)20-5-6-22(30-14-20)17-1-2-17/h3-6,11-12,14,17,29H,1-2,7-10,15-16H2. The van der Waals surface area contributed by atoms with Crippen LogP contribution in [0.4, 0.5) is 10.2 Å². The minimum Gasteiger partial charge on any atom is -0.356 e. The lowest BCUT2D eigenvalue weighted by Crippen LogP contribution is -2.31. The van der Waals surface area contributed by atoms with E-state index in [1.807, 2.05) is 18.2 Å². The van der Waals surface area contributed by atoms with Gasteiger partial charge in [-0.3, -0.25) is 14.3 Å². The Morgan fingerprint density at radius 1 is 1.18 bits per heavy atom. The predicted octanol–water partition coefficient (Wildman–Crippen LogP) is 3.37. The molecule has 1 aromatic carbocycles. The fraction of sp³-hybridized carbons (Fsp3) is 0.385. The number of pyridine rings is 1. The van der Waals surface area contributed by atoms with E-state index in [0.29, 0.717) is 28.8 Å². The molecular weight excluding hydrogens is 431 g/mol. The zero-order chi connectivity index (χ0) is 23.3. The van der Waals surface area contributed by atoms with Gasteiger partial charge in [-0.05, 0) is 62.6 Å². The van der Waals surface area contributed by atoms with Crippen LogP contribution in [0.3, 0.4) is 0 Å². The summed E-state index contributed by atoms with van der Waals surface area (Å²) in [6.07, 6.45) is 6.15. The number of anilines is 1. The molecule has 1 unspecified atom stereocenters. The number of benzene rings is 1. The van der Waals surface area contributed by atoms with Crippen molar-refractivity contribution in [3.05, 3.63) is 70.0 Å². The van der Waals surface area contributed by atoms with Crippen molar-refractivity contribution in [2.24, 2.45) is 5.41 Å². The second-order valence-corrected chi connectivity index (χ2v) is 9.73. The Kier molecular flexibility index (Phi) is 4.96. The molecule has 6 rings (SSSR count). The molecule has 3 aromatic rings. The average Bonchev–Trinajstić information content (AvgIpc) is 3.47. The van der Waals surface area contributed by atoms with Crippen LogP contribution in [0.25, 0.3) is 17.1 Å². The van der Waals surface area contributed by atoms with Crippen LogP contribution in [0.1, 0.15) is 42.9 Å². The first-order valence-corrected chi connectivity index (χ1v) is 11.8. The summed E-state index contributed by atoms with van der Waals surface area (Å²) in [6.45, 7) is 3.67. The number of nitriles is 1. The van der Waals surface area contributed by atoms with Gasteiger partial charge in [0.25, 0.3) is 5.56 Å². The number of aromatic nitrogens is 3. The third-order valence-corrected chi connectivity index (χ3v) is 7.37. The van der Waals surface area contributed by atoms with E-state index in [2.05, 4.69) is 15.2 Å². The van der Waals surface area contributed by atoms with Gasteiger partial charge in [0.15, 0.2) is 0 Å². The quantitative estimate of drug-likeness (QED) is 0.648. The molecule has 0 bridgehead atoms. The van der Waals surface area contributed by atoms with Crippen molar-refractivity contribution in [2.45, 2.75) is 31.6 Å². The summed E-state index contributed by atoms with van der Waals surface area (Å²) >= 11 is 0. The van der Waals surface area contributed by atoms with Crippen LogP contribution in [0, 0.1) is 22.6 Å². The summed E-state index contributed by atoms with van der Waals surface area (Å²) in [7, 11) is 0. The molecule has 4 heterocycles. The van der Waals surface area contributed by atoms with Gasteiger partial charge in [0, 0.05) is 48.3 Å². The predicted molar refractivity (Wildman–Crippen MR) is 126 cm³/mol. The molecule has 0 amide bonds. The van der Waals surface area contributed by atoms with Gasteiger partial charge >= 0.3 is 0 Å². The largest absolute Gasteiger partial charge is 0.356 e. The maximum absolute atomic E-state index is 14.6. The fourth-order valence-corrected chi connectivity index (χ4v) is 5.25. The van der Waals surface area contributed by atoms with E-state index in [-0.39, 0.29) is 16.5 Å². The highest BCUT2D eigenvalue weighted by molar-refractivity contribution is 5.62. The van der Waals surface area contributed by atoms with Gasteiger partial charge in [-0.15, -0.1) is 0 Å². The second-order valence-electron chi connectivity index (χ2n) is 9.73. The van der Waals surface area contributed by atoms with Gasteiger partial charge in [0.05, 0.1) is 17.4 Å². The van der Waals surface area contributed by atoms with Crippen LogP contribution >= 0.6 is 0 Å². The van der Waals surface area contributed by atoms with E-state index < -0.39 is 5.82 Å². The van der Waals surface area contributed by atoms with Gasteiger partial charge in [0.2, 0.25) is 0 Å². The Bertz CT molecular complexity index is 1350. The van der Waals surface area contributed by atoms with E-state index in [1.165, 1.54) is 16.7 Å². The Hall–Kier alpha value is -3.57. The highest BCUT2D eigenvalue weighted by atomic mass is 19.1. The number of rotatable bonds is 4. The van der Waals surface area contributed by atoms with Crippen molar-refractivity contribution in [2.75, 3.05) is 31.1 Å². The molecule has 2 aliphatic heterocycles. The van der Waals surface area contributed by atoms with Crippen molar-refractivity contribution in [1.29, 1.82) is 5.26 Å².